The van der Waals surface area contributed by atoms with Crippen molar-refractivity contribution < 1.29 is 22.7 Å². The fraction of sp³-hybridized carbons (Fsp3) is 0.923. The molecule has 122 valence electrons. The summed E-state index contributed by atoms with van der Waals surface area (Å²) in [6.45, 7) is 5.96. The van der Waals surface area contributed by atoms with Crippen molar-refractivity contribution in [1.29, 1.82) is 0 Å². The molecule has 0 aromatic carbocycles. The number of carbonyl (C=O) groups is 1. The topological polar surface area (TPSA) is 76.2 Å². The van der Waals surface area contributed by atoms with Crippen LogP contribution in [0.25, 0.3) is 0 Å². The highest BCUT2D eigenvalue weighted by atomic mass is 32.2. The van der Waals surface area contributed by atoms with E-state index >= 15 is 0 Å². The van der Waals surface area contributed by atoms with E-state index in [9.17, 15) is 13.2 Å². The van der Waals surface area contributed by atoms with Crippen molar-refractivity contribution in [3.63, 3.8) is 0 Å². The van der Waals surface area contributed by atoms with Gasteiger partial charge >= 0.3 is 0 Å². The molecule has 8 heteroatoms. The van der Waals surface area contributed by atoms with E-state index in [4.69, 9.17) is 9.47 Å². The van der Waals surface area contributed by atoms with Gasteiger partial charge in [-0.2, -0.15) is 4.31 Å². The maximum absolute atomic E-state index is 12.3. The number of amides is 1. The van der Waals surface area contributed by atoms with Gasteiger partial charge in [-0.1, -0.05) is 6.92 Å². The summed E-state index contributed by atoms with van der Waals surface area (Å²) < 4.78 is 37.4. The second-order valence-corrected chi connectivity index (χ2v) is 7.76. The van der Waals surface area contributed by atoms with Crippen molar-refractivity contribution in [2.45, 2.75) is 25.9 Å². The summed E-state index contributed by atoms with van der Waals surface area (Å²) in [5, 5.41) is 0. The average molecular weight is 320 g/mol. The maximum atomic E-state index is 12.3. The normalized spacial score (nSPS) is 28.6. The Morgan fingerprint density at radius 1 is 1.24 bits per heavy atom. The molecule has 2 rings (SSSR count). The van der Waals surface area contributed by atoms with E-state index in [-0.39, 0.29) is 18.2 Å². The van der Waals surface area contributed by atoms with Crippen LogP contribution < -0.4 is 0 Å². The zero-order valence-electron chi connectivity index (χ0n) is 12.7. The largest absolute Gasteiger partial charge is 0.376 e. The zero-order chi connectivity index (χ0) is 15.5. The molecule has 0 aliphatic carbocycles. The minimum atomic E-state index is -3.26. The van der Waals surface area contributed by atoms with E-state index in [1.807, 2.05) is 6.92 Å². The monoisotopic (exact) mass is 320 g/mol. The summed E-state index contributed by atoms with van der Waals surface area (Å²) in [5.74, 6) is 0.0948. The molecule has 0 bridgehead atoms. The van der Waals surface area contributed by atoms with E-state index in [0.717, 1.165) is 0 Å². The Morgan fingerprint density at radius 2 is 2.00 bits per heavy atom. The van der Waals surface area contributed by atoms with E-state index in [0.29, 0.717) is 45.9 Å². The second-order valence-electron chi connectivity index (χ2n) is 5.67. The highest BCUT2D eigenvalue weighted by Crippen LogP contribution is 2.24. The Labute approximate surface area is 126 Å². The third kappa shape index (κ3) is 3.94. The summed E-state index contributed by atoms with van der Waals surface area (Å²) >= 11 is 0. The molecule has 0 radical (unpaired) electrons. The smallest absolute Gasteiger partial charge is 0.219 e. The van der Waals surface area contributed by atoms with Crippen LogP contribution >= 0.6 is 0 Å². The van der Waals surface area contributed by atoms with Gasteiger partial charge in [0.05, 0.1) is 32.1 Å². The molecule has 2 saturated heterocycles. The van der Waals surface area contributed by atoms with Crippen LogP contribution in [0.1, 0.15) is 20.3 Å². The number of hydrogen-bond acceptors (Lipinski definition) is 5. The molecule has 21 heavy (non-hydrogen) atoms. The lowest BCUT2D eigenvalue weighted by atomic mass is 10.0. The Balaban J connectivity index is 2.15. The number of ether oxygens (including phenoxy) is 2. The summed E-state index contributed by atoms with van der Waals surface area (Å²) in [5.41, 5.74) is -0.749. The number of rotatable bonds is 3. The second kappa shape index (κ2) is 6.60. The fourth-order valence-electron chi connectivity index (χ4n) is 2.79. The first-order valence-electron chi connectivity index (χ1n) is 7.34. The first kappa shape index (κ1) is 16.7. The molecule has 0 aromatic rings. The van der Waals surface area contributed by atoms with Gasteiger partial charge in [0.2, 0.25) is 15.9 Å². The standard InChI is InChI=1S/C13H24N2O5S/c1-3-8-21(17,18)15-5-7-20-13(10-15)9-14(12(2)16)4-6-19-11-13/h3-11H2,1-2H3/t13-/m1/s1. The molecule has 2 heterocycles. The van der Waals surface area contributed by atoms with Crippen molar-refractivity contribution in [3.05, 3.63) is 0 Å². The van der Waals surface area contributed by atoms with Crippen molar-refractivity contribution in [1.82, 2.24) is 9.21 Å². The first-order chi connectivity index (χ1) is 9.88. The van der Waals surface area contributed by atoms with Crippen molar-refractivity contribution in [3.8, 4) is 0 Å². The predicted octanol–water partition coefficient (Wildman–Crippen LogP) is -0.324. The van der Waals surface area contributed by atoms with Crippen molar-refractivity contribution in [2.75, 3.05) is 51.8 Å². The van der Waals surface area contributed by atoms with E-state index in [2.05, 4.69) is 0 Å². The predicted molar refractivity (Wildman–Crippen MR) is 77.4 cm³/mol. The van der Waals surface area contributed by atoms with Gasteiger partial charge in [-0.05, 0) is 6.42 Å². The maximum Gasteiger partial charge on any atom is 0.219 e. The van der Waals surface area contributed by atoms with Gasteiger partial charge < -0.3 is 14.4 Å². The molecule has 1 spiro atoms. The molecule has 1 atom stereocenters. The summed E-state index contributed by atoms with van der Waals surface area (Å²) in [4.78, 5) is 13.3. The summed E-state index contributed by atoms with van der Waals surface area (Å²) in [6, 6.07) is 0. The van der Waals surface area contributed by atoms with Crippen molar-refractivity contribution in [2.24, 2.45) is 0 Å². The minimum absolute atomic E-state index is 0.0444. The number of sulfonamides is 1. The Hall–Kier alpha value is -0.700. The van der Waals surface area contributed by atoms with Crippen LogP contribution in [-0.4, -0.2) is 80.9 Å². The average Bonchev–Trinajstić information content (AvgIpc) is 2.62. The Bertz CT molecular complexity index is 481. The molecule has 2 fully saturated rings. The highest BCUT2D eigenvalue weighted by molar-refractivity contribution is 7.89. The molecule has 0 saturated carbocycles. The van der Waals surface area contributed by atoms with Gasteiger partial charge in [0.1, 0.15) is 5.60 Å². The molecule has 0 aromatic heterocycles. The summed E-state index contributed by atoms with van der Waals surface area (Å²) in [6.07, 6.45) is 0.586. The number of morpholine rings is 1. The molecule has 7 nitrogen and oxygen atoms in total. The van der Waals surface area contributed by atoms with E-state index in [1.54, 1.807) is 4.90 Å². The van der Waals surface area contributed by atoms with Crippen LogP contribution in [0, 0.1) is 0 Å². The fourth-order valence-corrected chi connectivity index (χ4v) is 4.35. The van der Waals surface area contributed by atoms with Crippen LogP contribution in [0.15, 0.2) is 0 Å². The molecular formula is C13H24N2O5S. The van der Waals surface area contributed by atoms with Gasteiger partial charge in [0.15, 0.2) is 0 Å². The molecule has 0 N–H and O–H groups in total. The van der Waals surface area contributed by atoms with E-state index < -0.39 is 15.6 Å². The Kier molecular flexibility index (Phi) is 5.24. The molecule has 1 amide bonds. The van der Waals surface area contributed by atoms with Gasteiger partial charge in [-0.25, -0.2) is 8.42 Å². The third-order valence-electron chi connectivity index (χ3n) is 3.86. The van der Waals surface area contributed by atoms with Gasteiger partial charge in [0, 0.05) is 26.6 Å². The molecule has 0 unspecified atom stereocenters. The van der Waals surface area contributed by atoms with Gasteiger partial charge in [-0.15, -0.1) is 0 Å². The third-order valence-corrected chi connectivity index (χ3v) is 5.89. The van der Waals surface area contributed by atoms with Crippen LogP contribution in [0.4, 0.5) is 0 Å². The number of carbonyl (C=O) groups excluding carboxylic acids is 1. The van der Waals surface area contributed by atoms with Gasteiger partial charge in [0.25, 0.3) is 0 Å². The molecular weight excluding hydrogens is 296 g/mol. The lowest BCUT2D eigenvalue weighted by molar-refractivity contribution is -0.142. The SMILES string of the molecule is CCCS(=O)(=O)N1CCO[C@@]2(COCCN(C(C)=O)C2)C1. The highest BCUT2D eigenvalue weighted by Gasteiger charge is 2.43. The van der Waals surface area contributed by atoms with E-state index in [1.165, 1.54) is 11.2 Å². The summed E-state index contributed by atoms with van der Waals surface area (Å²) in [7, 11) is -3.26. The Morgan fingerprint density at radius 3 is 2.67 bits per heavy atom. The van der Waals surface area contributed by atoms with Crippen LogP contribution in [0.5, 0.6) is 0 Å². The lowest BCUT2D eigenvalue weighted by Crippen LogP contribution is -2.60. The molecule has 2 aliphatic heterocycles. The number of hydrogen-bond donors (Lipinski definition) is 0. The zero-order valence-corrected chi connectivity index (χ0v) is 13.5. The van der Waals surface area contributed by atoms with Crippen molar-refractivity contribution >= 4 is 15.9 Å². The first-order valence-corrected chi connectivity index (χ1v) is 8.94. The van der Waals surface area contributed by atoms with Crippen LogP contribution in [0.3, 0.4) is 0 Å². The molecule has 2 aliphatic rings. The minimum Gasteiger partial charge on any atom is -0.376 e. The lowest BCUT2D eigenvalue weighted by Gasteiger charge is -2.42. The quantitative estimate of drug-likeness (QED) is 0.712. The van der Waals surface area contributed by atoms with Gasteiger partial charge in [-0.3, -0.25) is 4.79 Å². The number of nitrogens with zero attached hydrogens (tertiary/aromatic N) is 2. The van der Waals surface area contributed by atoms with Crippen LogP contribution in [-0.2, 0) is 24.3 Å². The van der Waals surface area contributed by atoms with Crippen LogP contribution in [0.2, 0.25) is 0 Å².